The highest BCUT2D eigenvalue weighted by molar-refractivity contribution is 6.30. The molecule has 1 fully saturated rings. The van der Waals surface area contributed by atoms with Crippen LogP contribution in [0.5, 0.6) is 0 Å². The van der Waals surface area contributed by atoms with E-state index in [2.05, 4.69) is 9.88 Å². The maximum Gasteiger partial charge on any atom is 0.272 e. The molecule has 0 radical (unpaired) electrons. The van der Waals surface area contributed by atoms with Crippen LogP contribution in [0.4, 0.5) is 0 Å². The lowest BCUT2D eigenvalue weighted by molar-refractivity contribution is 0.0721. The number of aromatic nitrogens is 1. The van der Waals surface area contributed by atoms with Crippen molar-refractivity contribution in [1.29, 1.82) is 5.26 Å². The molecule has 0 N–H and O–H groups in total. The maximum atomic E-state index is 13.0. The number of hydrogen-bond donors (Lipinski definition) is 0. The van der Waals surface area contributed by atoms with E-state index in [1.54, 1.807) is 12.1 Å². The fraction of sp³-hybridized carbons (Fsp3) is 0.350. The summed E-state index contributed by atoms with van der Waals surface area (Å²) in [6, 6.07) is 12.8. The van der Waals surface area contributed by atoms with Gasteiger partial charge in [-0.25, -0.2) is 4.98 Å². The van der Waals surface area contributed by atoms with Crippen molar-refractivity contribution in [1.82, 2.24) is 14.8 Å². The summed E-state index contributed by atoms with van der Waals surface area (Å²) in [5.41, 5.74) is 1.83. The van der Waals surface area contributed by atoms with E-state index >= 15 is 0 Å². The number of hydrogen-bond acceptors (Lipinski definition) is 4. The van der Waals surface area contributed by atoms with E-state index in [1.807, 2.05) is 35.2 Å². The Labute approximate surface area is 158 Å². The van der Waals surface area contributed by atoms with Crippen molar-refractivity contribution < 1.29 is 4.79 Å². The van der Waals surface area contributed by atoms with Gasteiger partial charge in [-0.2, -0.15) is 5.26 Å². The minimum absolute atomic E-state index is 0.122. The first kappa shape index (κ1) is 18.4. The third kappa shape index (κ3) is 4.81. The molecule has 2 aromatic rings. The Morgan fingerprint density at radius 1 is 1.19 bits per heavy atom. The van der Waals surface area contributed by atoms with Crippen molar-refractivity contribution in [3.05, 3.63) is 64.4 Å². The van der Waals surface area contributed by atoms with Crippen LogP contribution in [0.2, 0.25) is 5.02 Å². The fourth-order valence-electron chi connectivity index (χ4n) is 3.08. The first-order valence-electron chi connectivity index (χ1n) is 8.78. The summed E-state index contributed by atoms with van der Waals surface area (Å²) in [5.74, 6) is -0.122. The Kier molecular flexibility index (Phi) is 6.21. The van der Waals surface area contributed by atoms with Crippen molar-refractivity contribution in [3.63, 3.8) is 0 Å². The zero-order valence-corrected chi connectivity index (χ0v) is 15.3. The van der Waals surface area contributed by atoms with Gasteiger partial charge in [0, 0.05) is 30.9 Å². The predicted molar refractivity (Wildman–Crippen MR) is 101 cm³/mol. The number of benzene rings is 1. The highest BCUT2D eigenvalue weighted by Gasteiger charge is 2.20. The summed E-state index contributed by atoms with van der Waals surface area (Å²) in [7, 11) is 0. The van der Waals surface area contributed by atoms with E-state index in [9.17, 15) is 4.79 Å². The Hall–Kier alpha value is -2.42. The van der Waals surface area contributed by atoms with Crippen LogP contribution in [0.15, 0.2) is 42.6 Å². The molecule has 0 aliphatic carbocycles. The lowest BCUT2D eigenvalue weighted by Crippen LogP contribution is -2.37. The van der Waals surface area contributed by atoms with Gasteiger partial charge in [0.15, 0.2) is 0 Å². The van der Waals surface area contributed by atoms with Gasteiger partial charge in [0.25, 0.3) is 5.91 Å². The molecule has 1 amide bonds. The number of rotatable bonds is 6. The van der Waals surface area contributed by atoms with E-state index < -0.39 is 0 Å². The first-order valence-corrected chi connectivity index (χ1v) is 9.16. The average Bonchev–Trinajstić information content (AvgIpc) is 3.20. The highest BCUT2D eigenvalue weighted by atomic mass is 35.5. The van der Waals surface area contributed by atoms with Crippen LogP contribution in [-0.2, 0) is 6.54 Å². The van der Waals surface area contributed by atoms with Gasteiger partial charge < -0.3 is 9.80 Å². The summed E-state index contributed by atoms with van der Waals surface area (Å²) in [6.07, 6.45) is 3.89. The molecule has 1 saturated heterocycles. The monoisotopic (exact) mass is 368 g/mol. The number of nitrogens with zero attached hydrogens (tertiary/aromatic N) is 4. The van der Waals surface area contributed by atoms with Crippen molar-refractivity contribution in [2.75, 3.05) is 26.2 Å². The number of amides is 1. The number of likely N-dealkylation sites (tertiary alicyclic amines) is 1. The average molecular weight is 369 g/mol. The lowest BCUT2D eigenvalue weighted by Gasteiger charge is -2.25. The Balaban J connectivity index is 1.74. The van der Waals surface area contributed by atoms with Crippen molar-refractivity contribution >= 4 is 17.5 Å². The van der Waals surface area contributed by atoms with E-state index in [-0.39, 0.29) is 5.91 Å². The maximum absolute atomic E-state index is 13.0. The van der Waals surface area contributed by atoms with Gasteiger partial charge >= 0.3 is 0 Å². The van der Waals surface area contributed by atoms with Crippen LogP contribution in [0.3, 0.4) is 0 Å². The largest absolute Gasteiger partial charge is 0.332 e. The van der Waals surface area contributed by atoms with Gasteiger partial charge in [0.2, 0.25) is 0 Å². The van der Waals surface area contributed by atoms with E-state index in [0.717, 1.165) is 25.2 Å². The Morgan fingerprint density at radius 2 is 1.92 bits per heavy atom. The summed E-state index contributed by atoms with van der Waals surface area (Å²) < 4.78 is 0. The smallest absolute Gasteiger partial charge is 0.272 e. The summed E-state index contributed by atoms with van der Waals surface area (Å²) >= 11 is 5.96. The molecule has 2 heterocycles. The molecule has 3 rings (SSSR count). The first-order chi connectivity index (χ1) is 12.7. The van der Waals surface area contributed by atoms with Gasteiger partial charge in [0.05, 0.1) is 5.56 Å². The van der Waals surface area contributed by atoms with Gasteiger partial charge in [-0.05, 0) is 55.8 Å². The molecule has 0 unspecified atom stereocenters. The quantitative estimate of drug-likeness (QED) is 0.784. The third-order valence-electron chi connectivity index (χ3n) is 4.57. The SMILES string of the molecule is N#Cc1ccc(C(=O)N(CCN2CCCC2)Cc2ccc(Cl)cc2)nc1. The molecule has 0 saturated carbocycles. The van der Waals surface area contributed by atoms with E-state index in [1.165, 1.54) is 19.0 Å². The topological polar surface area (TPSA) is 60.2 Å². The summed E-state index contributed by atoms with van der Waals surface area (Å²) in [5, 5.41) is 9.58. The molecular formula is C20H21ClN4O. The van der Waals surface area contributed by atoms with Gasteiger partial charge in [0.1, 0.15) is 11.8 Å². The van der Waals surface area contributed by atoms with Crippen LogP contribution in [-0.4, -0.2) is 46.9 Å². The molecule has 1 aliphatic heterocycles. The van der Waals surface area contributed by atoms with Gasteiger partial charge in [-0.1, -0.05) is 23.7 Å². The zero-order valence-electron chi connectivity index (χ0n) is 14.6. The second kappa shape index (κ2) is 8.79. The number of nitriles is 1. The van der Waals surface area contributed by atoms with Crippen molar-refractivity contribution in [3.8, 4) is 6.07 Å². The van der Waals surface area contributed by atoms with Crippen LogP contribution in [0.1, 0.15) is 34.5 Å². The molecule has 0 spiro atoms. The predicted octanol–water partition coefficient (Wildman–Crippen LogP) is 3.34. The molecule has 6 heteroatoms. The summed E-state index contributed by atoms with van der Waals surface area (Å²) in [4.78, 5) is 21.3. The standard InChI is InChI=1S/C20H21ClN4O/c21-18-6-3-16(4-7-18)15-25(12-11-24-9-1-2-10-24)20(26)19-8-5-17(13-22)14-23-19/h3-8,14H,1-2,9-12,15H2. The molecule has 1 aliphatic rings. The second-order valence-corrected chi connectivity index (χ2v) is 6.88. The highest BCUT2D eigenvalue weighted by Crippen LogP contribution is 2.14. The van der Waals surface area contributed by atoms with Crippen LogP contribution in [0, 0.1) is 11.3 Å². The van der Waals surface area contributed by atoms with Crippen LogP contribution in [0.25, 0.3) is 0 Å². The zero-order chi connectivity index (χ0) is 18.4. The lowest BCUT2D eigenvalue weighted by atomic mass is 10.2. The second-order valence-electron chi connectivity index (χ2n) is 6.45. The van der Waals surface area contributed by atoms with Crippen LogP contribution < -0.4 is 0 Å². The third-order valence-corrected chi connectivity index (χ3v) is 4.82. The molecule has 134 valence electrons. The van der Waals surface area contributed by atoms with Crippen molar-refractivity contribution in [2.45, 2.75) is 19.4 Å². The molecule has 0 atom stereocenters. The van der Waals surface area contributed by atoms with Crippen LogP contribution >= 0.6 is 11.6 Å². The minimum Gasteiger partial charge on any atom is -0.332 e. The molecule has 0 bridgehead atoms. The number of carbonyl (C=O) groups excluding carboxylic acids is 1. The Morgan fingerprint density at radius 3 is 2.54 bits per heavy atom. The molecule has 1 aromatic heterocycles. The molecule has 5 nitrogen and oxygen atoms in total. The normalized spacial score (nSPS) is 14.2. The minimum atomic E-state index is -0.122. The molecular weight excluding hydrogens is 348 g/mol. The van der Waals surface area contributed by atoms with Crippen molar-refractivity contribution in [2.24, 2.45) is 0 Å². The Bertz CT molecular complexity index is 777. The van der Waals surface area contributed by atoms with Gasteiger partial charge in [-0.15, -0.1) is 0 Å². The molecule has 26 heavy (non-hydrogen) atoms. The number of pyridine rings is 1. The number of carbonyl (C=O) groups is 1. The van der Waals surface area contributed by atoms with E-state index in [0.29, 0.717) is 29.4 Å². The van der Waals surface area contributed by atoms with E-state index in [4.69, 9.17) is 16.9 Å². The molecule has 1 aromatic carbocycles. The van der Waals surface area contributed by atoms with Gasteiger partial charge in [-0.3, -0.25) is 4.79 Å². The number of halogens is 1. The summed E-state index contributed by atoms with van der Waals surface area (Å²) in [6.45, 7) is 4.19. The fourth-order valence-corrected chi connectivity index (χ4v) is 3.21.